The number of unbranched alkanes of at least 4 members (excludes halogenated alkanes) is 1. The highest BCUT2D eigenvalue weighted by Crippen LogP contribution is 2.41. The molecule has 4 rings (SSSR count). The minimum Gasteiger partial charge on any atom is -0.493 e. The molecule has 1 fully saturated rings. The van der Waals surface area contributed by atoms with Crippen LogP contribution >= 0.6 is 0 Å². The molecule has 0 aliphatic carbocycles. The van der Waals surface area contributed by atoms with Crippen LogP contribution in [0.4, 0.5) is 0 Å². The number of carbonyl (C=O) groups is 2. The fraction of sp³-hybridized carbons (Fsp3) is 0.593. The predicted octanol–water partition coefficient (Wildman–Crippen LogP) is 2.39. The van der Waals surface area contributed by atoms with E-state index in [0.717, 1.165) is 36.1 Å². The number of carbonyl (C=O) groups excluding carboxylic acids is 1. The topological polar surface area (TPSA) is 108 Å². The van der Waals surface area contributed by atoms with Crippen LogP contribution in [0.5, 0.6) is 5.75 Å². The predicted molar refractivity (Wildman–Crippen MR) is 135 cm³/mol. The number of hydrogen-bond donors (Lipinski definition) is 2. The Morgan fingerprint density at radius 3 is 2.81 bits per heavy atom. The van der Waals surface area contributed by atoms with E-state index < -0.39 is 11.9 Å². The van der Waals surface area contributed by atoms with Gasteiger partial charge in [0, 0.05) is 63.6 Å². The zero-order valence-electron chi connectivity index (χ0n) is 21.1. The number of aryl methyl sites for hydroxylation is 1. The maximum absolute atomic E-state index is 13.4. The van der Waals surface area contributed by atoms with Gasteiger partial charge in [0.05, 0.1) is 25.4 Å². The minimum absolute atomic E-state index is 0.00308. The van der Waals surface area contributed by atoms with Gasteiger partial charge >= 0.3 is 5.97 Å². The number of likely N-dealkylation sites (tertiary alicyclic amines) is 1. The molecule has 3 heterocycles. The van der Waals surface area contributed by atoms with Gasteiger partial charge in [0.15, 0.2) is 0 Å². The van der Waals surface area contributed by atoms with Gasteiger partial charge in [-0.25, -0.2) is 4.98 Å². The number of benzene rings is 1. The molecule has 36 heavy (non-hydrogen) atoms. The molecular formula is C27H38N4O5. The number of aliphatic hydroxyl groups is 1. The molecule has 2 aliphatic heterocycles. The summed E-state index contributed by atoms with van der Waals surface area (Å²) in [6, 6.07) is 5.74. The zero-order valence-corrected chi connectivity index (χ0v) is 21.1. The van der Waals surface area contributed by atoms with Crippen molar-refractivity contribution in [3.05, 3.63) is 48.0 Å². The average Bonchev–Trinajstić information content (AvgIpc) is 3.62. The quantitative estimate of drug-likeness (QED) is 0.437. The highest BCUT2D eigenvalue weighted by Gasteiger charge is 2.47. The van der Waals surface area contributed by atoms with Crippen LogP contribution in [0, 0.1) is 5.92 Å². The van der Waals surface area contributed by atoms with E-state index in [1.165, 1.54) is 0 Å². The summed E-state index contributed by atoms with van der Waals surface area (Å²) in [6.07, 6.45) is 9.18. The molecule has 1 aromatic heterocycles. The second-order valence-electron chi connectivity index (χ2n) is 9.83. The van der Waals surface area contributed by atoms with Gasteiger partial charge in [-0.05, 0) is 36.5 Å². The monoisotopic (exact) mass is 498 g/mol. The van der Waals surface area contributed by atoms with Crippen LogP contribution in [0.25, 0.3) is 0 Å². The third-order valence-corrected chi connectivity index (χ3v) is 7.48. The van der Waals surface area contributed by atoms with Crippen molar-refractivity contribution in [1.82, 2.24) is 19.4 Å². The largest absolute Gasteiger partial charge is 0.493 e. The molecule has 0 unspecified atom stereocenters. The molecule has 9 nitrogen and oxygen atoms in total. The lowest BCUT2D eigenvalue weighted by molar-refractivity contribution is -0.144. The van der Waals surface area contributed by atoms with Crippen molar-refractivity contribution < 1.29 is 24.5 Å². The Bertz CT molecular complexity index is 1000. The molecule has 0 radical (unpaired) electrons. The van der Waals surface area contributed by atoms with E-state index >= 15 is 0 Å². The Morgan fingerprint density at radius 1 is 1.25 bits per heavy atom. The van der Waals surface area contributed by atoms with Gasteiger partial charge in [0.1, 0.15) is 5.75 Å². The highest BCUT2D eigenvalue weighted by molar-refractivity contribution is 5.79. The second-order valence-corrected chi connectivity index (χ2v) is 9.83. The summed E-state index contributed by atoms with van der Waals surface area (Å²) in [7, 11) is 0. The number of nitrogens with zero attached hydrogens (tertiary/aromatic N) is 4. The summed E-state index contributed by atoms with van der Waals surface area (Å²) in [5.41, 5.74) is 2.12. The van der Waals surface area contributed by atoms with Gasteiger partial charge in [-0.1, -0.05) is 25.5 Å². The summed E-state index contributed by atoms with van der Waals surface area (Å²) < 4.78 is 7.60. The zero-order chi connectivity index (χ0) is 25.5. The third kappa shape index (κ3) is 6.07. The van der Waals surface area contributed by atoms with Crippen LogP contribution in [0.1, 0.15) is 49.7 Å². The van der Waals surface area contributed by atoms with Crippen LogP contribution < -0.4 is 4.74 Å². The number of rotatable bonds is 13. The van der Waals surface area contributed by atoms with Crippen molar-refractivity contribution >= 4 is 11.9 Å². The Kier molecular flexibility index (Phi) is 8.98. The van der Waals surface area contributed by atoms with Gasteiger partial charge in [-0.15, -0.1) is 0 Å². The van der Waals surface area contributed by atoms with E-state index in [1.807, 2.05) is 27.8 Å². The standard InChI is InChI=1S/C27H38N4O5/c1-2-3-10-30(11-4-14-32)25(33)18-31-17-22(20-5-6-24-21(16-20)8-15-36-24)26(27(34)35)23(31)7-12-29-13-9-28-19-29/h5-6,9,13,16,19,22-23,26,32H,2-4,7-8,10-12,14-15,17-18H2,1H3,(H,34,35)/t22-,23+,26-/m1/s1. The van der Waals surface area contributed by atoms with E-state index in [9.17, 15) is 19.8 Å². The van der Waals surface area contributed by atoms with Crippen LogP contribution in [-0.2, 0) is 22.6 Å². The molecule has 0 saturated carbocycles. The number of hydrogen-bond acceptors (Lipinski definition) is 6. The van der Waals surface area contributed by atoms with E-state index in [2.05, 4.69) is 22.9 Å². The molecular weight excluding hydrogens is 460 g/mol. The lowest BCUT2D eigenvalue weighted by atomic mass is 9.83. The normalized spacial score (nSPS) is 21.3. The van der Waals surface area contributed by atoms with Crippen molar-refractivity contribution in [2.75, 3.05) is 39.4 Å². The first-order chi connectivity index (χ1) is 17.5. The number of imidazole rings is 1. The number of aliphatic hydroxyl groups excluding tert-OH is 1. The van der Waals surface area contributed by atoms with Gasteiger partial charge in [0.2, 0.25) is 5.91 Å². The molecule has 0 bridgehead atoms. The summed E-state index contributed by atoms with van der Waals surface area (Å²) in [6.45, 7) is 5.27. The van der Waals surface area contributed by atoms with E-state index in [0.29, 0.717) is 45.6 Å². The van der Waals surface area contributed by atoms with E-state index in [-0.39, 0.29) is 31.0 Å². The van der Waals surface area contributed by atoms with E-state index in [4.69, 9.17) is 4.74 Å². The lowest BCUT2D eigenvalue weighted by Crippen LogP contribution is -2.45. The number of ether oxygens (including phenoxy) is 1. The van der Waals surface area contributed by atoms with Crippen molar-refractivity contribution in [2.24, 2.45) is 5.92 Å². The van der Waals surface area contributed by atoms with Crippen LogP contribution in [0.15, 0.2) is 36.9 Å². The van der Waals surface area contributed by atoms with Crippen molar-refractivity contribution in [1.29, 1.82) is 0 Å². The molecule has 1 aromatic carbocycles. The molecule has 2 aliphatic rings. The number of carboxylic acid groups (broad SMARTS) is 1. The lowest BCUT2D eigenvalue weighted by Gasteiger charge is -2.29. The molecule has 1 saturated heterocycles. The van der Waals surface area contributed by atoms with Gasteiger partial charge < -0.3 is 24.4 Å². The molecule has 196 valence electrons. The van der Waals surface area contributed by atoms with Crippen LogP contribution in [-0.4, -0.2) is 86.9 Å². The molecule has 2 aromatic rings. The summed E-state index contributed by atoms with van der Waals surface area (Å²) >= 11 is 0. The first kappa shape index (κ1) is 26.2. The maximum atomic E-state index is 13.4. The van der Waals surface area contributed by atoms with Crippen molar-refractivity contribution in [2.45, 2.75) is 57.5 Å². The number of amides is 1. The molecule has 0 spiro atoms. The summed E-state index contributed by atoms with van der Waals surface area (Å²) in [5, 5.41) is 19.7. The fourth-order valence-corrected chi connectivity index (χ4v) is 5.57. The third-order valence-electron chi connectivity index (χ3n) is 7.48. The smallest absolute Gasteiger partial charge is 0.308 e. The molecule has 2 N–H and O–H groups in total. The molecule has 1 amide bonds. The van der Waals surface area contributed by atoms with Crippen molar-refractivity contribution in [3.8, 4) is 5.75 Å². The van der Waals surface area contributed by atoms with Gasteiger partial charge in [0.25, 0.3) is 0 Å². The number of carboxylic acids is 1. The Morgan fingerprint density at radius 2 is 2.08 bits per heavy atom. The average molecular weight is 499 g/mol. The van der Waals surface area contributed by atoms with Crippen LogP contribution in [0.3, 0.4) is 0 Å². The minimum atomic E-state index is -0.828. The second kappa shape index (κ2) is 12.4. The SMILES string of the molecule is CCCCN(CCCO)C(=O)CN1C[C@H](c2ccc3c(c2)CCO3)[C@@H](C(=O)O)[C@@H]1CCn1ccnc1. The fourth-order valence-electron chi connectivity index (χ4n) is 5.57. The Labute approximate surface area is 212 Å². The highest BCUT2D eigenvalue weighted by atomic mass is 16.5. The molecule has 9 heteroatoms. The number of aromatic nitrogens is 2. The molecule has 3 atom stereocenters. The van der Waals surface area contributed by atoms with Gasteiger partial charge in [-0.2, -0.15) is 0 Å². The Balaban J connectivity index is 1.58. The maximum Gasteiger partial charge on any atom is 0.308 e. The van der Waals surface area contributed by atoms with Crippen LogP contribution in [0.2, 0.25) is 0 Å². The van der Waals surface area contributed by atoms with Crippen molar-refractivity contribution in [3.63, 3.8) is 0 Å². The number of aliphatic carboxylic acids is 1. The summed E-state index contributed by atoms with van der Waals surface area (Å²) in [5.74, 6) is -0.788. The van der Waals surface area contributed by atoms with E-state index in [1.54, 1.807) is 12.5 Å². The van der Waals surface area contributed by atoms with Gasteiger partial charge in [-0.3, -0.25) is 14.5 Å². The summed E-state index contributed by atoms with van der Waals surface area (Å²) in [4.78, 5) is 34.0. The Hall–Kier alpha value is -2.91. The first-order valence-electron chi connectivity index (χ1n) is 13.1. The number of fused-ring (bicyclic) bond motifs is 1. The first-order valence-corrected chi connectivity index (χ1v) is 13.1.